The summed E-state index contributed by atoms with van der Waals surface area (Å²) in [5, 5.41) is 9.15. The fraction of sp³-hybridized carbons (Fsp3) is 0.435. The summed E-state index contributed by atoms with van der Waals surface area (Å²) in [4.78, 5) is 20.4. The van der Waals surface area contributed by atoms with Crippen LogP contribution in [0.25, 0.3) is 10.7 Å². The second-order valence-corrected chi connectivity index (χ2v) is 9.04. The van der Waals surface area contributed by atoms with E-state index in [4.69, 9.17) is 9.26 Å². The molecule has 1 unspecified atom stereocenters. The monoisotopic (exact) mass is 440 g/mol. The van der Waals surface area contributed by atoms with E-state index < -0.39 is 0 Å². The summed E-state index contributed by atoms with van der Waals surface area (Å²) in [7, 11) is 0. The molecule has 4 rings (SSSR count). The normalized spacial score (nSPS) is 17.1. The Hall–Kier alpha value is -2.71. The third-order valence-electron chi connectivity index (χ3n) is 5.21. The van der Waals surface area contributed by atoms with Crippen molar-refractivity contribution in [2.24, 2.45) is 5.92 Å². The highest BCUT2D eigenvalue weighted by atomic mass is 32.1. The molecule has 7 nitrogen and oxygen atoms in total. The van der Waals surface area contributed by atoms with Crippen molar-refractivity contribution in [3.63, 3.8) is 0 Å². The molecule has 1 aliphatic rings. The van der Waals surface area contributed by atoms with Crippen molar-refractivity contribution < 1.29 is 14.1 Å². The number of nitrogens with one attached hydrogen (secondary N) is 1. The Balaban J connectivity index is 1.26. The maximum Gasteiger partial charge on any atom is 0.241 e. The maximum atomic E-state index is 12.7. The minimum atomic E-state index is -0.0306. The SMILES string of the molecule is CC(C)Oc1ccc(CNC(=O)C2CCCN(Cc3nc(-c4cccs4)no3)C2)cc1. The fourth-order valence-corrected chi connectivity index (χ4v) is 4.37. The Morgan fingerprint density at radius 1 is 1.32 bits per heavy atom. The van der Waals surface area contributed by atoms with Gasteiger partial charge in [-0.1, -0.05) is 23.4 Å². The number of nitrogens with zero attached hydrogens (tertiary/aromatic N) is 3. The van der Waals surface area contributed by atoms with Crippen LogP contribution in [0.1, 0.15) is 38.1 Å². The van der Waals surface area contributed by atoms with Gasteiger partial charge in [-0.15, -0.1) is 11.3 Å². The largest absolute Gasteiger partial charge is 0.491 e. The Kier molecular flexibility index (Phi) is 6.99. The van der Waals surface area contributed by atoms with Gasteiger partial charge in [0.25, 0.3) is 0 Å². The summed E-state index contributed by atoms with van der Waals surface area (Å²) in [6.07, 6.45) is 2.02. The van der Waals surface area contributed by atoms with E-state index in [2.05, 4.69) is 20.4 Å². The summed E-state index contributed by atoms with van der Waals surface area (Å²) in [6, 6.07) is 11.8. The molecule has 1 atom stereocenters. The van der Waals surface area contributed by atoms with Crippen LogP contribution >= 0.6 is 11.3 Å². The molecule has 3 aromatic rings. The number of ether oxygens (including phenoxy) is 1. The number of piperidine rings is 1. The fourth-order valence-electron chi connectivity index (χ4n) is 3.72. The molecular formula is C23H28N4O3S. The average molecular weight is 441 g/mol. The molecule has 164 valence electrons. The van der Waals surface area contributed by atoms with Gasteiger partial charge in [0.15, 0.2) is 0 Å². The van der Waals surface area contributed by atoms with Crippen LogP contribution in [-0.2, 0) is 17.9 Å². The molecule has 1 fully saturated rings. The average Bonchev–Trinajstić information content (AvgIpc) is 3.45. The second kappa shape index (κ2) is 10.1. The number of carbonyl (C=O) groups is 1. The van der Waals surface area contributed by atoms with Crippen molar-refractivity contribution in [3.05, 3.63) is 53.2 Å². The smallest absolute Gasteiger partial charge is 0.241 e. The van der Waals surface area contributed by atoms with Crippen molar-refractivity contribution in [1.82, 2.24) is 20.4 Å². The van der Waals surface area contributed by atoms with Gasteiger partial charge in [0.1, 0.15) is 5.75 Å². The highest BCUT2D eigenvalue weighted by Crippen LogP contribution is 2.23. The lowest BCUT2D eigenvalue weighted by Gasteiger charge is -2.30. The minimum absolute atomic E-state index is 0.0306. The Labute approximate surface area is 186 Å². The molecule has 0 bridgehead atoms. The van der Waals surface area contributed by atoms with Gasteiger partial charge in [-0.25, -0.2) is 0 Å². The molecule has 0 saturated carbocycles. The van der Waals surface area contributed by atoms with E-state index in [0.717, 1.165) is 35.6 Å². The van der Waals surface area contributed by atoms with Crippen LogP contribution in [0.15, 0.2) is 46.3 Å². The van der Waals surface area contributed by atoms with E-state index in [9.17, 15) is 4.79 Å². The molecule has 1 N–H and O–H groups in total. The number of benzene rings is 1. The molecule has 3 heterocycles. The first-order chi connectivity index (χ1) is 15.1. The molecule has 1 aromatic carbocycles. The molecule has 0 radical (unpaired) electrons. The van der Waals surface area contributed by atoms with E-state index in [-0.39, 0.29) is 17.9 Å². The first-order valence-corrected chi connectivity index (χ1v) is 11.6. The van der Waals surface area contributed by atoms with Crippen LogP contribution in [-0.4, -0.2) is 40.1 Å². The molecule has 0 spiro atoms. The minimum Gasteiger partial charge on any atom is -0.491 e. The first kappa shape index (κ1) is 21.5. The summed E-state index contributed by atoms with van der Waals surface area (Å²) in [6.45, 7) is 6.72. The summed E-state index contributed by atoms with van der Waals surface area (Å²) >= 11 is 1.59. The highest BCUT2D eigenvalue weighted by molar-refractivity contribution is 7.13. The van der Waals surface area contributed by atoms with Gasteiger partial charge in [0, 0.05) is 13.1 Å². The van der Waals surface area contributed by atoms with Gasteiger partial charge >= 0.3 is 0 Å². The lowest BCUT2D eigenvalue weighted by molar-refractivity contribution is -0.127. The Bertz CT molecular complexity index is 969. The molecule has 0 aliphatic carbocycles. The van der Waals surface area contributed by atoms with Crippen LogP contribution in [0.5, 0.6) is 5.75 Å². The van der Waals surface area contributed by atoms with Crippen LogP contribution in [0, 0.1) is 5.92 Å². The van der Waals surface area contributed by atoms with Crippen LogP contribution in [0.3, 0.4) is 0 Å². The number of thiophene rings is 1. The maximum absolute atomic E-state index is 12.7. The van der Waals surface area contributed by atoms with E-state index in [1.807, 2.05) is 55.6 Å². The summed E-state index contributed by atoms with van der Waals surface area (Å²) in [5.41, 5.74) is 1.06. The number of hydrogen-bond acceptors (Lipinski definition) is 7. The Morgan fingerprint density at radius 2 is 2.16 bits per heavy atom. The summed E-state index contributed by atoms with van der Waals surface area (Å²) in [5.74, 6) is 2.12. The van der Waals surface area contributed by atoms with E-state index >= 15 is 0 Å². The predicted molar refractivity (Wildman–Crippen MR) is 120 cm³/mol. The third-order valence-corrected chi connectivity index (χ3v) is 6.07. The number of hydrogen-bond donors (Lipinski definition) is 1. The predicted octanol–water partition coefficient (Wildman–Crippen LogP) is 4.11. The zero-order valence-electron chi connectivity index (χ0n) is 17.9. The van der Waals surface area contributed by atoms with Gasteiger partial charge in [-0.05, 0) is 62.4 Å². The van der Waals surface area contributed by atoms with Crippen LogP contribution in [0.4, 0.5) is 0 Å². The highest BCUT2D eigenvalue weighted by Gasteiger charge is 2.26. The molecule has 2 aromatic heterocycles. The topological polar surface area (TPSA) is 80.5 Å². The van der Waals surface area contributed by atoms with E-state index in [1.54, 1.807) is 11.3 Å². The quantitative estimate of drug-likeness (QED) is 0.568. The standard InChI is InChI=1S/C23H28N4O3S/c1-16(2)29-19-9-7-17(8-10-19)13-24-23(28)18-5-3-11-27(14-18)15-21-25-22(26-30-21)20-6-4-12-31-20/h4,6-10,12,16,18H,3,5,11,13-15H2,1-2H3,(H,24,28). The molecular weight excluding hydrogens is 412 g/mol. The van der Waals surface area contributed by atoms with Crippen molar-refractivity contribution in [2.45, 2.75) is 45.9 Å². The van der Waals surface area contributed by atoms with Crippen molar-refractivity contribution in [3.8, 4) is 16.5 Å². The van der Waals surface area contributed by atoms with Crippen molar-refractivity contribution in [2.75, 3.05) is 13.1 Å². The van der Waals surface area contributed by atoms with Gasteiger partial charge in [0.2, 0.25) is 17.6 Å². The molecule has 1 saturated heterocycles. The number of aromatic nitrogens is 2. The zero-order valence-corrected chi connectivity index (χ0v) is 18.7. The van der Waals surface area contributed by atoms with Crippen molar-refractivity contribution >= 4 is 17.2 Å². The molecule has 8 heteroatoms. The lowest BCUT2D eigenvalue weighted by Crippen LogP contribution is -2.42. The van der Waals surface area contributed by atoms with Gasteiger partial charge in [-0.2, -0.15) is 4.98 Å². The second-order valence-electron chi connectivity index (χ2n) is 8.09. The number of amides is 1. The number of rotatable bonds is 8. The van der Waals surface area contributed by atoms with Crippen molar-refractivity contribution in [1.29, 1.82) is 0 Å². The van der Waals surface area contributed by atoms with Crippen LogP contribution in [0.2, 0.25) is 0 Å². The van der Waals surface area contributed by atoms with Crippen LogP contribution < -0.4 is 10.1 Å². The van der Waals surface area contributed by atoms with Gasteiger partial charge in [-0.3, -0.25) is 9.69 Å². The third kappa shape index (κ3) is 5.92. The lowest BCUT2D eigenvalue weighted by atomic mass is 9.97. The molecule has 31 heavy (non-hydrogen) atoms. The first-order valence-electron chi connectivity index (χ1n) is 10.7. The van der Waals surface area contributed by atoms with E-state index in [1.165, 1.54) is 0 Å². The van der Waals surface area contributed by atoms with Gasteiger partial charge in [0.05, 0.1) is 23.4 Å². The number of likely N-dealkylation sites (tertiary alicyclic amines) is 1. The van der Waals surface area contributed by atoms with E-state index in [0.29, 0.717) is 31.3 Å². The molecule has 1 amide bonds. The zero-order chi connectivity index (χ0) is 21.6. The van der Waals surface area contributed by atoms with Gasteiger partial charge < -0.3 is 14.6 Å². The molecule has 1 aliphatic heterocycles. The summed E-state index contributed by atoms with van der Waals surface area (Å²) < 4.78 is 11.1. The Morgan fingerprint density at radius 3 is 2.90 bits per heavy atom. The number of carbonyl (C=O) groups excluding carboxylic acids is 1.